The van der Waals surface area contributed by atoms with Crippen molar-refractivity contribution in [3.8, 4) is 0 Å². The molecule has 0 N–H and O–H groups in total. The zero-order valence-corrected chi connectivity index (χ0v) is 10.1. The summed E-state index contributed by atoms with van der Waals surface area (Å²) >= 11 is 5.89. The molecule has 0 aromatic carbocycles. The first kappa shape index (κ1) is 12.7. The zero-order chi connectivity index (χ0) is 12.0. The molecule has 86 valence electrons. The van der Waals surface area contributed by atoms with Gasteiger partial charge in [0.1, 0.15) is 5.15 Å². The van der Waals surface area contributed by atoms with Crippen molar-refractivity contribution in [2.75, 3.05) is 6.61 Å². The molecular weight excluding hydrogens is 226 g/mol. The summed E-state index contributed by atoms with van der Waals surface area (Å²) in [4.78, 5) is 15.1. The first-order valence-electron chi connectivity index (χ1n) is 5.07. The van der Waals surface area contributed by atoms with Gasteiger partial charge in [-0.25, -0.2) is 4.98 Å². The van der Waals surface area contributed by atoms with Gasteiger partial charge in [-0.15, -0.1) is 0 Å². The van der Waals surface area contributed by atoms with Gasteiger partial charge in [0, 0.05) is 11.8 Å². The summed E-state index contributed by atoms with van der Waals surface area (Å²) in [5, 5.41) is 0.436. The minimum atomic E-state index is -0.240. The van der Waals surface area contributed by atoms with Crippen molar-refractivity contribution in [3.05, 3.63) is 34.6 Å². The Bertz CT molecular complexity index is 402. The Morgan fingerprint density at radius 2 is 2.38 bits per heavy atom. The van der Waals surface area contributed by atoms with Crippen LogP contribution in [0.5, 0.6) is 0 Å². The van der Waals surface area contributed by atoms with Gasteiger partial charge in [0.05, 0.1) is 13.0 Å². The molecule has 0 aliphatic rings. The Morgan fingerprint density at radius 3 is 3.06 bits per heavy atom. The third kappa shape index (κ3) is 4.03. The molecule has 16 heavy (non-hydrogen) atoms. The van der Waals surface area contributed by atoms with Crippen molar-refractivity contribution >= 4 is 23.6 Å². The number of hydrogen-bond acceptors (Lipinski definition) is 3. The van der Waals surface area contributed by atoms with Crippen LogP contribution in [0.2, 0.25) is 5.15 Å². The highest BCUT2D eigenvalue weighted by Crippen LogP contribution is 2.15. The summed E-state index contributed by atoms with van der Waals surface area (Å²) in [6.45, 7) is 4.12. The second-order valence-electron chi connectivity index (χ2n) is 3.30. The van der Waals surface area contributed by atoms with E-state index >= 15 is 0 Å². The number of rotatable bonds is 4. The van der Waals surface area contributed by atoms with Crippen molar-refractivity contribution in [1.82, 2.24) is 4.98 Å². The predicted octanol–water partition coefficient (Wildman–Crippen LogP) is 3.01. The summed E-state index contributed by atoms with van der Waals surface area (Å²) in [6, 6.07) is 1.91. The van der Waals surface area contributed by atoms with Gasteiger partial charge in [-0.2, -0.15) is 0 Å². The van der Waals surface area contributed by atoms with E-state index < -0.39 is 0 Å². The van der Waals surface area contributed by atoms with Gasteiger partial charge in [-0.3, -0.25) is 4.79 Å². The number of carbonyl (C=O) groups excluding carboxylic acids is 1. The van der Waals surface area contributed by atoms with Crippen molar-refractivity contribution in [3.63, 3.8) is 0 Å². The van der Waals surface area contributed by atoms with Crippen molar-refractivity contribution < 1.29 is 9.53 Å². The highest BCUT2D eigenvalue weighted by atomic mass is 35.5. The number of hydrogen-bond donors (Lipinski definition) is 0. The molecule has 3 nitrogen and oxygen atoms in total. The number of pyridine rings is 1. The summed E-state index contributed by atoms with van der Waals surface area (Å²) < 4.78 is 4.79. The Kier molecular flexibility index (Phi) is 4.99. The van der Waals surface area contributed by atoms with Gasteiger partial charge in [-0.05, 0) is 25.5 Å². The lowest BCUT2D eigenvalue weighted by Gasteiger charge is -1.99. The summed E-state index contributed by atoms with van der Waals surface area (Å²) in [5.41, 5.74) is 1.84. The molecule has 0 fully saturated rings. The first-order chi connectivity index (χ1) is 7.63. The molecule has 0 bridgehead atoms. The quantitative estimate of drug-likeness (QED) is 0.599. The molecule has 0 atom stereocenters. The van der Waals surface area contributed by atoms with Crippen molar-refractivity contribution in [2.45, 2.75) is 20.3 Å². The molecule has 0 aliphatic heterocycles. The Balaban J connectivity index is 2.62. The van der Waals surface area contributed by atoms with E-state index in [1.165, 1.54) is 0 Å². The maximum Gasteiger partial charge on any atom is 0.309 e. The average Bonchev–Trinajstić information content (AvgIpc) is 2.23. The van der Waals surface area contributed by atoms with Crippen LogP contribution in [0.3, 0.4) is 0 Å². The number of esters is 1. The lowest BCUT2D eigenvalue weighted by atomic mass is 10.2. The number of carbonyl (C=O) groups is 1. The molecule has 0 radical (unpaired) electrons. The lowest BCUT2D eigenvalue weighted by Crippen LogP contribution is -2.01. The highest BCUT2D eigenvalue weighted by Gasteiger charge is 1.99. The van der Waals surface area contributed by atoms with Crippen molar-refractivity contribution in [2.24, 2.45) is 0 Å². The maximum atomic E-state index is 11.1. The van der Waals surface area contributed by atoms with Crippen LogP contribution in [0.1, 0.15) is 24.5 Å². The molecule has 1 rings (SSSR count). The fraction of sp³-hybridized carbons (Fsp3) is 0.333. The van der Waals surface area contributed by atoms with Gasteiger partial charge in [-0.1, -0.05) is 23.8 Å². The topological polar surface area (TPSA) is 39.2 Å². The van der Waals surface area contributed by atoms with Crippen LogP contribution in [0.25, 0.3) is 6.08 Å². The Morgan fingerprint density at radius 1 is 1.62 bits per heavy atom. The van der Waals surface area contributed by atoms with Crippen LogP contribution in [-0.4, -0.2) is 17.6 Å². The maximum absolute atomic E-state index is 11.1. The average molecular weight is 240 g/mol. The Labute approximate surface area is 100 Å². The van der Waals surface area contributed by atoms with E-state index in [0.717, 1.165) is 11.1 Å². The van der Waals surface area contributed by atoms with Crippen LogP contribution in [0, 0.1) is 6.92 Å². The van der Waals surface area contributed by atoms with E-state index in [1.807, 2.05) is 13.0 Å². The molecule has 0 unspecified atom stereocenters. The SMILES string of the molecule is CCOC(=O)CC=Cc1cc(C)cnc1Cl. The van der Waals surface area contributed by atoms with Gasteiger partial charge in [0.15, 0.2) is 0 Å². The molecular formula is C12H14ClNO2. The standard InChI is InChI=1S/C12H14ClNO2/c1-3-16-11(15)6-4-5-10-7-9(2)8-14-12(10)13/h4-5,7-8H,3,6H2,1-2H3. The molecule has 0 saturated carbocycles. The minimum absolute atomic E-state index is 0.240. The third-order valence-electron chi connectivity index (χ3n) is 1.89. The van der Waals surface area contributed by atoms with Gasteiger partial charge in [0.25, 0.3) is 0 Å². The van der Waals surface area contributed by atoms with Gasteiger partial charge < -0.3 is 4.74 Å². The lowest BCUT2D eigenvalue weighted by molar-refractivity contribution is -0.142. The number of aryl methyl sites for hydroxylation is 1. The number of nitrogens with zero attached hydrogens (tertiary/aromatic N) is 1. The third-order valence-corrected chi connectivity index (χ3v) is 2.21. The van der Waals surface area contributed by atoms with Gasteiger partial charge >= 0.3 is 5.97 Å². The van der Waals surface area contributed by atoms with E-state index in [1.54, 1.807) is 25.3 Å². The monoisotopic (exact) mass is 239 g/mol. The van der Waals surface area contributed by atoms with Crippen LogP contribution >= 0.6 is 11.6 Å². The second-order valence-corrected chi connectivity index (χ2v) is 3.66. The zero-order valence-electron chi connectivity index (χ0n) is 9.37. The predicted molar refractivity (Wildman–Crippen MR) is 64.3 cm³/mol. The Hall–Kier alpha value is -1.35. The number of aromatic nitrogens is 1. The second kappa shape index (κ2) is 6.28. The highest BCUT2D eigenvalue weighted by molar-refractivity contribution is 6.30. The number of halogens is 1. The van der Waals surface area contributed by atoms with Gasteiger partial charge in [0.2, 0.25) is 0 Å². The van der Waals surface area contributed by atoms with Crippen molar-refractivity contribution in [1.29, 1.82) is 0 Å². The molecule has 0 saturated heterocycles. The molecule has 0 spiro atoms. The number of ether oxygens (including phenoxy) is 1. The van der Waals surface area contributed by atoms with E-state index in [0.29, 0.717) is 11.8 Å². The normalized spacial score (nSPS) is 10.7. The fourth-order valence-corrected chi connectivity index (χ4v) is 1.36. The van der Waals surface area contributed by atoms with Crippen LogP contribution < -0.4 is 0 Å². The molecule has 1 aromatic rings. The molecule has 4 heteroatoms. The molecule has 0 aliphatic carbocycles. The van der Waals surface area contributed by atoms with Crippen LogP contribution in [0.4, 0.5) is 0 Å². The largest absolute Gasteiger partial charge is 0.466 e. The minimum Gasteiger partial charge on any atom is -0.466 e. The van der Waals surface area contributed by atoms with E-state index in [4.69, 9.17) is 16.3 Å². The fourth-order valence-electron chi connectivity index (χ4n) is 1.19. The van der Waals surface area contributed by atoms with E-state index in [-0.39, 0.29) is 12.4 Å². The molecule has 1 heterocycles. The van der Waals surface area contributed by atoms with Crippen LogP contribution in [0.15, 0.2) is 18.3 Å². The summed E-state index contributed by atoms with van der Waals surface area (Å²) in [7, 11) is 0. The van der Waals surface area contributed by atoms with Crippen LogP contribution in [-0.2, 0) is 9.53 Å². The molecule has 0 amide bonds. The first-order valence-corrected chi connectivity index (χ1v) is 5.45. The summed E-state index contributed by atoms with van der Waals surface area (Å²) in [5.74, 6) is -0.240. The smallest absolute Gasteiger partial charge is 0.309 e. The molecule has 1 aromatic heterocycles. The summed E-state index contributed by atoms with van der Waals surface area (Å²) in [6.07, 6.45) is 5.45. The van der Waals surface area contributed by atoms with E-state index in [2.05, 4.69) is 4.98 Å². The van der Waals surface area contributed by atoms with E-state index in [9.17, 15) is 4.79 Å².